The fourth-order valence-corrected chi connectivity index (χ4v) is 2.99. The van der Waals surface area contributed by atoms with Crippen LogP contribution in [0.25, 0.3) is 0 Å². The maximum Gasteiger partial charge on any atom is 0.407 e. The number of carboxylic acid groups (broad SMARTS) is 1. The quantitative estimate of drug-likeness (QED) is 0.868. The molecular weight excluding hydrogens is 232 g/mol. The summed E-state index contributed by atoms with van der Waals surface area (Å²) in [6.07, 6.45) is 2.73. The summed E-state index contributed by atoms with van der Waals surface area (Å²) in [7, 11) is 0. The van der Waals surface area contributed by atoms with E-state index in [1.54, 1.807) is 6.20 Å². The smallest absolute Gasteiger partial charge is 0.407 e. The number of aryl methyl sites for hydroxylation is 1. The Morgan fingerprint density at radius 3 is 2.94 bits per heavy atom. The first-order chi connectivity index (χ1) is 8.63. The molecule has 96 valence electrons. The summed E-state index contributed by atoms with van der Waals surface area (Å²) in [6, 6.07) is 3.78. The molecular formula is C13H16N2O3. The summed E-state index contributed by atoms with van der Waals surface area (Å²) >= 11 is 0. The van der Waals surface area contributed by atoms with Gasteiger partial charge in [0, 0.05) is 18.8 Å². The molecule has 18 heavy (non-hydrogen) atoms. The molecule has 2 heterocycles. The van der Waals surface area contributed by atoms with Gasteiger partial charge in [-0.1, -0.05) is 6.07 Å². The molecule has 1 aliphatic heterocycles. The number of aromatic nitrogens is 1. The van der Waals surface area contributed by atoms with Crippen molar-refractivity contribution in [1.82, 2.24) is 9.88 Å². The van der Waals surface area contributed by atoms with Crippen LogP contribution in [0, 0.1) is 12.8 Å². The monoisotopic (exact) mass is 248 g/mol. The fourth-order valence-electron chi connectivity index (χ4n) is 2.99. The summed E-state index contributed by atoms with van der Waals surface area (Å²) in [5.74, 6) is 1.03. The van der Waals surface area contributed by atoms with Crippen LogP contribution in [-0.2, 0) is 0 Å². The van der Waals surface area contributed by atoms with Crippen LogP contribution in [0.3, 0.4) is 0 Å². The Morgan fingerprint density at radius 1 is 1.50 bits per heavy atom. The third kappa shape index (κ3) is 1.89. The highest BCUT2D eigenvalue weighted by Gasteiger charge is 2.48. The minimum absolute atomic E-state index is 0.00407. The van der Waals surface area contributed by atoms with Crippen LogP contribution in [0.5, 0.6) is 5.88 Å². The Kier molecular flexibility index (Phi) is 2.61. The molecule has 1 aromatic heterocycles. The molecule has 1 N–H and O–H groups in total. The van der Waals surface area contributed by atoms with E-state index in [1.165, 1.54) is 4.90 Å². The molecule has 3 atom stereocenters. The van der Waals surface area contributed by atoms with Crippen LogP contribution in [0.1, 0.15) is 18.4 Å². The summed E-state index contributed by atoms with van der Waals surface area (Å²) in [5.41, 5.74) is 1.09. The maximum absolute atomic E-state index is 11.1. The van der Waals surface area contributed by atoms with E-state index in [0.717, 1.165) is 18.4 Å². The molecule has 0 aromatic carbocycles. The van der Waals surface area contributed by atoms with Crippen LogP contribution in [-0.4, -0.2) is 39.8 Å². The number of fused-ring (bicyclic) bond motifs is 2. The number of hydrogen-bond donors (Lipinski definition) is 1. The summed E-state index contributed by atoms with van der Waals surface area (Å²) < 4.78 is 5.83. The van der Waals surface area contributed by atoms with Crippen LogP contribution in [0.2, 0.25) is 0 Å². The van der Waals surface area contributed by atoms with E-state index in [-0.39, 0.29) is 12.1 Å². The largest absolute Gasteiger partial charge is 0.472 e. The lowest BCUT2D eigenvalue weighted by Crippen LogP contribution is -2.46. The minimum atomic E-state index is -0.840. The van der Waals surface area contributed by atoms with E-state index in [4.69, 9.17) is 9.84 Å². The van der Waals surface area contributed by atoms with Crippen molar-refractivity contribution in [3.63, 3.8) is 0 Å². The van der Waals surface area contributed by atoms with Gasteiger partial charge in [0.05, 0.1) is 6.04 Å². The zero-order chi connectivity index (χ0) is 12.7. The van der Waals surface area contributed by atoms with Crippen molar-refractivity contribution in [2.75, 3.05) is 6.54 Å². The van der Waals surface area contributed by atoms with Gasteiger partial charge in [-0.3, -0.25) is 0 Å². The van der Waals surface area contributed by atoms with Crippen molar-refractivity contribution in [3.05, 3.63) is 23.9 Å². The van der Waals surface area contributed by atoms with Crippen molar-refractivity contribution in [2.24, 2.45) is 5.92 Å². The topological polar surface area (TPSA) is 62.7 Å². The normalized spacial score (nSPS) is 29.6. The molecule has 1 amide bonds. The summed E-state index contributed by atoms with van der Waals surface area (Å²) in [5, 5.41) is 9.11. The van der Waals surface area contributed by atoms with E-state index in [0.29, 0.717) is 18.3 Å². The zero-order valence-corrected chi connectivity index (χ0v) is 10.2. The van der Waals surface area contributed by atoms with Crippen LogP contribution < -0.4 is 4.74 Å². The van der Waals surface area contributed by atoms with Crippen LogP contribution in [0.15, 0.2) is 18.3 Å². The Hall–Kier alpha value is -1.78. The van der Waals surface area contributed by atoms with Crippen LogP contribution in [0.4, 0.5) is 4.79 Å². The van der Waals surface area contributed by atoms with E-state index in [1.807, 2.05) is 19.1 Å². The number of nitrogens with zero attached hydrogens (tertiary/aromatic N) is 2. The molecule has 1 aliphatic carbocycles. The standard InChI is InChI=1S/C13H16N2O3/c1-8-2-3-12(14-6-8)18-11-5-9-4-10(11)15(7-9)13(16)17/h2-3,6,9-11H,4-5,7H2,1H3,(H,16,17). The third-order valence-corrected chi connectivity index (χ3v) is 3.83. The van der Waals surface area contributed by atoms with E-state index < -0.39 is 6.09 Å². The van der Waals surface area contributed by atoms with E-state index in [2.05, 4.69) is 4.98 Å². The Balaban J connectivity index is 1.71. The van der Waals surface area contributed by atoms with Gasteiger partial charge in [-0.05, 0) is 31.2 Å². The number of rotatable bonds is 2. The van der Waals surface area contributed by atoms with Crippen molar-refractivity contribution in [1.29, 1.82) is 0 Å². The fraction of sp³-hybridized carbons (Fsp3) is 0.538. The van der Waals surface area contributed by atoms with Crippen LogP contribution >= 0.6 is 0 Å². The maximum atomic E-state index is 11.1. The molecule has 1 saturated heterocycles. The molecule has 1 saturated carbocycles. The third-order valence-electron chi connectivity index (χ3n) is 3.83. The zero-order valence-electron chi connectivity index (χ0n) is 10.2. The number of hydrogen-bond acceptors (Lipinski definition) is 3. The molecule has 0 spiro atoms. The SMILES string of the molecule is Cc1ccc(OC2CC3CC2N(C(=O)O)C3)nc1. The van der Waals surface area contributed by atoms with Gasteiger partial charge in [-0.2, -0.15) is 0 Å². The molecule has 2 aliphatic rings. The van der Waals surface area contributed by atoms with Crippen molar-refractivity contribution < 1.29 is 14.6 Å². The number of piperidine rings is 1. The van der Waals surface area contributed by atoms with Gasteiger partial charge in [-0.25, -0.2) is 9.78 Å². The average molecular weight is 248 g/mol. The van der Waals surface area contributed by atoms with Crippen molar-refractivity contribution >= 4 is 6.09 Å². The van der Waals surface area contributed by atoms with E-state index >= 15 is 0 Å². The highest BCUT2D eigenvalue weighted by atomic mass is 16.5. The lowest BCUT2D eigenvalue weighted by atomic mass is 10.1. The number of amides is 1. The van der Waals surface area contributed by atoms with Gasteiger partial charge in [0.25, 0.3) is 0 Å². The number of likely N-dealkylation sites (tertiary alicyclic amines) is 1. The van der Waals surface area contributed by atoms with Crippen molar-refractivity contribution in [2.45, 2.75) is 31.9 Å². The lowest BCUT2D eigenvalue weighted by molar-refractivity contribution is 0.0662. The Morgan fingerprint density at radius 2 is 2.33 bits per heavy atom. The van der Waals surface area contributed by atoms with Gasteiger partial charge in [0.1, 0.15) is 6.10 Å². The second-order valence-electron chi connectivity index (χ2n) is 5.17. The summed E-state index contributed by atoms with van der Waals surface area (Å²) in [4.78, 5) is 16.8. The molecule has 2 bridgehead atoms. The summed E-state index contributed by atoms with van der Waals surface area (Å²) in [6.45, 7) is 2.63. The predicted molar refractivity (Wildman–Crippen MR) is 64.6 cm³/mol. The number of ether oxygens (including phenoxy) is 1. The van der Waals surface area contributed by atoms with Gasteiger partial charge in [0.15, 0.2) is 0 Å². The average Bonchev–Trinajstić information content (AvgIpc) is 2.91. The Labute approximate surface area is 105 Å². The van der Waals surface area contributed by atoms with E-state index in [9.17, 15) is 4.79 Å². The molecule has 3 unspecified atom stereocenters. The minimum Gasteiger partial charge on any atom is -0.472 e. The molecule has 3 rings (SSSR count). The van der Waals surface area contributed by atoms with Gasteiger partial charge < -0.3 is 14.7 Å². The first-order valence-electron chi connectivity index (χ1n) is 6.22. The second-order valence-corrected chi connectivity index (χ2v) is 5.17. The second kappa shape index (κ2) is 4.15. The molecule has 5 heteroatoms. The highest BCUT2D eigenvalue weighted by molar-refractivity contribution is 5.66. The first kappa shape index (κ1) is 11.3. The lowest BCUT2D eigenvalue weighted by Gasteiger charge is -2.31. The van der Waals surface area contributed by atoms with Crippen molar-refractivity contribution in [3.8, 4) is 5.88 Å². The highest BCUT2D eigenvalue weighted by Crippen LogP contribution is 2.39. The molecule has 2 fully saturated rings. The van der Waals surface area contributed by atoms with Gasteiger partial charge in [-0.15, -0.1) is 0 Å². The number of pyridine rings is 1. The Bertz CT molecular complexity index is 460. The van der Waals surface area contributed by atoms with Gasteiger partial charge in [0.2, 0.25) is 5.88 Å². The van der Waals surface area contributed by atoms with Gasteiger partial charge >= 0.3 is 6.09 Å². The number of carbonyl (C=O) groups is 1. The predicted octanol–water partition coefficient (Wildman–Crippen LogP) is 1.91. The molecule has 5 nitrogen and oxygen atoms in total. The molecule has 0 radical (unpaired) electrons. The first-order valence-corrected chi connectivity index (χ1v) is 6.22. The molecule has 1 aromatic rings.